The van der Waals surface area contributed by atoms with Gasteiger partial charge in [0.25, 0.3) is 0 Å². The Kier molecular flexibility index (Phi) is 12.2. The lowest BCUT2D eigenvalue weighted by Gasteiger charge is -2.38. The van der Waals surface area contributed by atoms with Gasteiger partial charge in [-0.15, -0.1) is 0 Å². The van der Waals surface area contributed by atoms with Crippen molar-refractivity contribution in [1.29, 1.82) is 0 Å². The summed E-state index contributed by atoms with van der Waals surface area (Å²) in [6.07, 6.45) is 5.92. The molecule has 0 N–H and O–H groups in total. The van der Waals surface area contributed by atoms with Gasteiger partial charge >= 0.3 is 0 Å². The minimum absolute atomic E-state index is 0.0153. The van der Waals surface area contributed by atoms with Crippen molar-refractivity contribution < 1.29 is 28.5 Å². The molecule has 0 unspecified atom stereocenters. The van der Waals surface area contributed by atoms with Gasteiger partial charge in [-0.2, -0.15) is 0 Å². The van der Waals surface area contributed by atoms with Gasteiger partial charge in [0.05, 0.1) is 7.11 Å². The molecule has 6 nitrogen and oxygen atoms in total. The summed E-state index contributed by atoms with van der Waals surface area (Å²) >= 11 is 0. The molecule has 1 aliphatic rings. The van der Waals surface area contributed by atoms with E-state index in [9.17, 15) is 9.59 Å². The first-order chi connectivity index (χ1) is 31.3. The standard InChI is InChI=1S/C58H48O6/c1-40-6-8-43(9-7-40)56(59)44-14-28-52(29-15-44)62-50-24-10-41(11-25-50)42-12-26-51(27-13-42)63-53-30-16-45(17-31-53)57(60)46-18-32-54(33-19-46)64-55-36-22-48(23-37-55)58(38-4-3-5-39-58)47-20-34-49(61-2)35-21-47/h6-37H,3-5,38-39H2,1-2H3. The number of ketones is 2. The summed E-state index contributed by atoms with van der Waals surface area (Å²) in [4.78, 5) is 26.3. The van der Waals surface area contributed by atoms with Crippen LogP contribution in [0.25, 0.3) is 11.1 Å². The summed E-state index contributed by atoms with van der Waals surface area (Å²) in [5.74, 6) is 4.85. The Morgan fingerprint density at radius 1 is 0.359 bits per heavy atom. The number of rotatable bonds is 14. The fraction of sp³-hybridized carbons (Fsp3) is 0.138. The van der Waals surface area contributed by atoms with Crippen molar-refractivity contribution in [3.8, 4) is 51.4 Å². The van der Waals surface area contributed by atoms with Crippen LogP contribution in [0.4, 0.5) is 0 Å². The van der Waals surface area contributed by atoms with Crippen molar-refractivity contribution in [2.75, 3.05) is 7.11 Å². The zero-order valence-electron chi connectivity index (χ0n) is 36.0. The molecular weight excluding hydrogens is 793 g/mol. The highest BCUT2D eigenvalue weighted by Gasteiger charge is 2.35. The van der Waals surface area contributed by atoms with Crippen molar-refractivity contribution in [1.82, 2.24) is 0 Å². The highest BCUT2D eigenvalue weighted by Crippen LogP contribution is 2.46. The Hall–Kier alpha value is -7.70. The van der Waals surface area contributed by atoms with Crippen molar-refractivity contribution in [3.63, 3.8) is 0 Å². The number of hydrogen-bond acceptors (Lipinski definition) is 6. The SMILES string of the molecule is COc1ccc(C2(c3ccc(Oc4ccc(C(=O)c5ccc(Oc6ccc(-c7ccc(Oc8ccc(C(=O)c9ccc(C)cc9)cc8)cc7)cc6)cc5)cc4)cc3)CCCCC2)cc1. The number of ether oxygens (including phenoxy) is 4. The number of aryl methyl sites for hydroxylation is 1. The molecule has 8 aromatic rings. The Labute approximate surface area is 374 Å². The van der Waals surface area contributed by atoms with Crippen LogP contribution in [-0.2, 0) is 5.41 Å². The number of benzene rings is 8. The van der Waals surface area contributed by atoms with E-state index in [1.807, 2.05) is 128 Å². The summed E-state index contributed by atoms with van der Waals surface area (Å²) in [6.45, 7) is 2.00. The average molecular weight is 841 g/mol. The van der Waals surface area contributed by atoms with Gasteiger partial charge < -0.3 is 18.9 Å². The van der Waals surface area contributed by atoms with E-state index >= 15 is 0 Å². The van der Waals surface area contributed by atoms with Crippen LogP contribution < -0.4 is 18.9 Å². The molecule has 8 aromatic carbocycles. The second-order valence-electron chi connectivity index (χ2n) is 16.3. The zero-order valence-corrected chi connectivity index (χ0v) is 36.0. The number of hydrogen-bond donors (Lipinski definition) is 0. The van der Waals surface area contributed by atoms with Crippen LogP contribution in [0.15, 0.2) is 194 Å². The minimum atomic E-state index is -0.0807. The molecule has 1 aliphatic carbocycles. The van der Waals surface area contributed by atoms with Gasteiger partial charge in [-0.1, -0.05) is 97.6 Å². The van der Waals surface area contributed by atoms with Crippen molar-refractivity contribution >= 4 is 11.6 Å². The molecule has 0 atom stereocenters. The Morgan fingerprint density at radius 3 is 0.969 bits per heavy atom. The largest absolute Gasteiger partial charge is 0.497 e. The third kappa shape index (κ3) is 9.37. The molecule has 9 rings (SSSR count). The highest BCUT2D eigenvalue weighted by molar-refractivity contribution is 6.09. The maximum Gasteiger partial charge on any atom is 0.193 e. The van der Waals surface area contributed by atoms with E-state index in [1.54, 1.807) is 43.5 Å². The van der Waals surface area contributed by atoms with E-state index in [1.165, 1.54) is 30.4 Å². The fourth-order valence-electron chi connectivity index (χ4n) is 8.55. The maximum absolute atomic E-state index is 13.4. The Bertz CT molecular complexity index is 2820. The van der Waals surface area contributed by atoms with Gasteiger partial charge in [0, 0.05) is 27.7 Å². The molecule has 64 heavy (non-hydrogen) atoms. The number of methoxy groups -OCH3 is 1. The van der Waals surface area contributed by atoms with Gasteiger partial charge in [0.2, 0.25) is 0 Å². The van der Waals surface area contributed by atoms with Gasteiger partial charge in [-0.25, -0.2) is 0 Å². The summed E-state index contributed by atoms with van der Waals surface area (Å²) in [7, 11) is 1.70. The number of carbonyl (C=O) groups excluding carboxylic acids is 2. The molecular formula is C58H48O6. The third-order valence-corrected chi connectivity index (χ3v) is 12.2. The van der Waals surface area contributed by atoms with Crippen LogP contribution in [0.5, 0.6) is 40.2 Å². The monoisotopic (exact) mass is 840 g/mol. The first-order valence-electron chi connectivity index (χ1n) is 21.8. The lowest BCUT2D eigenvalue weighted by Crippen LogP contribution is -2.30. The second kappa shape index (κ2) is 18.7. The zero-order chi connectivity index (χ0) is 43.9. The van der Waals surface area contributed by atoms with E-state index in [0.29, 0.717) is 51.0 Å². The van der Waals surface area contributed by atoms with Crippen molar-refractivity contribution in [2.45, 2.75) is 44.4 Å². The second-order valence-corrected chi connectivity index (χ2v) is 16.3. The van der Waals surface area contributed by atoms with Crippen LogP contribution in [0.1, 0.15) is 80.6 Å². The third-order valence-electron chi connectivity index (χ3n) is 12.2. The first kappa shape index (κ1) is 41.6. The summed E-state index contributed by atoms with van der Waals surface area (Å²) < 4.78 is 23.8. The lowest BCUT2D eigenvalue weighted by atomic mass is 9.65. The predicted octanol–water partition coefficient (Wildman–Crippen LogP) is 14.8. The molecule has 1 fully saturated rings. The Balaban J connectivity index is 0.768. The van der Waals surface area contributed by atoms with E-state index in [0.717, 1.165) is 41.0 Å². The molecule has 6 heteroatoms. The molecule has 0 radical (unpaired) electrons. The molecule has 0 saturated heterocycles. The van der Waals surface area contributed by atoms with Crippen LogP contribution in [0, 0.1) is 6.92 Å². The average Bonchev–Trinajstić information content (AvgIpc) is 3.35. The van der Waals surface area contributed by atoms with Gasteiger partial charge in [0.15, 0.2) is 11.6 Å². The number of carbonyl (C=O) groups is 2. The summed E-state index contributed by atoms with van der Waals surface area (Å²) in [5.41, 5.74) is 8.21. The normalized spacial score (nSPS) is 13.1. The van der Waals surface area contributed by atoms with Gasteiger partial charge in [0.1, 0.15) is 40.2 Å². The van der Waals surface area contributed by atoms with E-state index in [2.05, 4.69) is 36.4 Å². The molecule has 0 aromatic heterocycles. The molecule has 316 valence electrons. The van der Waals surface area contributed by atoms with Crippen LogP contribution in [-0.4, -0.2) is 18.7 Å². The minimum Gasteiger partial charge on any atom is -0.497 e. The van der Waals surface area contributed by atoms with Gasteiger partial charge in [-0.3, -0.25) is 9.59 Å². The van der Waals surface area contributed by atoms with Crippen molar-refractivity contribution in [2.24, 2.45) is 0 Å². The molecule has 0 spiro atoms. The first-order valence-corrected chi connectivity index (χ1v) is 21.8. The molecule has 0 heterocycles. The quantitative estimate of drug-likeness (QED) is 0.102. The van der Waals surface area contributed by atoms with Crippen LogP contribution >= 0.6 is 0 Å². The predicted molar refractivity (Wildman–Crippen MR) is 253 cm³/mol. The Morgan fingerprint density at radius 2 is 0.641 bits per heavy atom. The van der Waals surface area contributed by atoms with E-state index in [4.69, 9.17) is 18.9 Å². The molecule has 0 bridgehead atoms. The fourth-order valence-corrected chi connectivity index (χ4v) is 8.55. The topological polar surface area (TPSA) is 71.1 Å². The maximum atomic E-state index is 13.4. The molecule has 0 aliphatic heterocycles. The van der Waals surface area contributed by atoms with Gasteiger partial charge in [-0.05, 0) is 163 Å². The molecule has 1 saturated carbocycles. The van der Waals surface area contributed by atoms with Crippen molar-refractivity contribution in [3.05, 3.63) is 233 Å². The van der Waals surface area contributed by atoms with Crippen LogP contribution in [0.3, 0.4) is 0 Å². The van der Waals surface area contributed by atoms with E-state index in [-0.39, 0.29) is 17.0 Å². The lowest BCUT2D eigenvalue weighted by molar-refractivity contribution is 0.103. The van der Waals surface area contributed by atoms with E-state index < -0.39 is 0 Å². The smallest absolute Gasteiger partial charge is 0.193 e. The summed E-state index contributed by atoms with van der Waals surface area (Å²) in [6, 6.07) is 62.0. The van der Waals surface area contributed by atoms with Crippen LogP contribution in [0.2, 0.25) is 0 Å². The summed E-state index contributed by atoms with van der Waals surface area (Å²) in [5, 5.41) is 0. The molecule has 0 amide bonds. The highest BCUT2D eigenvalue weighted by atomic mass is 16.5.